The molecule has 0 spiro atoms. The molecular weight excluding hydrogens is 425 g/mol. The third kappa shape index (κ3) is 3.42. The summed E-state index contributed by atoms with van der Waals surface area (Å²) < 4.78 is 15.0. The molecule has 30 heavy (non-hydrogen) atoms. The van der Waals surface area contributed by atoms with Crippen LogP contribution in [0.25, 0.3) is 16.3 Å². The van der Waals surface area contributed by atoms with Crippen LogP contribution in [-0.2, 0) is 13.0 Å². The molecule has 9 heteroatoms. The molecule has 0 saturated heterocycles. The summed E-state index contributed by atoms with van der Waals surface area (Å²) >= 11 is 7.58. The van der Waals surface area contributed by atoms with Crippen molar-refractivity contribution in [3.8, 4) is 11.4 Å². The summed E-state index contributed by atoms with van der Waals surface area (Å²) in [5.41, 5.74) is 3.51. The fraction of sp³-hybridized carbons (Fsp3) is 0.190. The number of aromatic nitrogens is 3. The number of anilines is 1. The molecule has 1 aliphatic heterocycles. The van der Waals surface area contributed by atoms with Gasteiger partial charge in [0.15, 0.2) is 5.82 Å². The van der Waals surface area contributed by atoms with Crippen LogP contribution in [0.3, 0.4) is 0 Å². The highest BCUT2D eigenvalue weighted by molar-refractivity contribution is 7.17. The average molecular weight is 442 g/mol. The van der Waals surface area contributed by atoms with Gasteiger partial charge >= 0.3 is 6.03 Å². The Bertz CT molecular complexity index is 1270. The third-order valence-corrected chi connectivity index (χ3v) is 6.45. The number of halogens is 2. The van der Waals surface area contributed by atoms with Crippen LogP contribution in [0.2, 0.25) is 5.02 Å². The summed E-state index contributed by atoms with van der Waals surface area (Å²) in [4.78, 5) is 21.0. The number of thiazole rings is 1. The summed E-state index contributed by atoms with van der Waals surface area (Å²) in [5.74, 6) is 0.282. The predicted molar refractivity (Wildman–Crippen MR) is 116 cm³/mol. The number of aryl methyl sites for hydroxylation is 1. The first-order valence-corrected chi connectivity index (χ1v) is 10.6. The van der Waals surface area contributed by atoms with Gasteiger partial charge in [-0.3, -0.25) is 0 Å². The quantitative estimate of drug-likeness (QED) is 0.468. The Labute approximate surface area is 180 Å². The Balaban J connectivity index is 1.36. The molecule has 0 atom stereocenters. The third-order valence-electron chi connectivity index (χ3n) is 5.15. The van der Waals surface area contributed by atoms with Gasteiger partial charge < -0.3 is 10.2 Å². The van der Waals surface area contributed by atoms with E-state index in [1.807, 2.05) is 17.5 Å². The molecule has 3 heterocycles. The van der Waals surface area contributed by atoms with Gasteiger partial charge in [-0.1, -0.05) is 29.0 Å². The van der Waals surface area contributed by atoms with E-state index in [-0.39, 0.29) is 11.8 Å². The van der Waals surface area contributed by atoms with Crippen molar-refractivity contribution in [3.63, 3.8) is 0 Å². The SMILES string of the molecule is Cc1ccc(Cl)cc1NC(=O)N1CCc2c(sc3nc(-c4ccc(F)cc4)nn23)C1. The molecular formula is C21H17ClFN5OS. The van der Waals surface area contributed by atoms with E-state index in [0.29, 0.717) is 36.0 Å². The molecule has 0 aliphatic carbocycles. The highest BCUT2D eigenvalue weighted by atomic mass is 35.5. The van der Waals surface area contributed by atoms with Crippen molar-refractivity contribution in [3.05, 3.63) is 69.4 Å². The summed E-state index contributed by atoms with van der Waals surface area (Å²) in [6.07, 6.45) is 0.684. The number of carbonyl (C=O) groups is 1. The molecule has 152 valence electrons. The first kappa shape index (κ1) is 19.0. The Kier molecular flexibility index (Phi) is 4.67. The first-order chi connectivity index (χ1) is 14.5. The number of fused-ring (bicyclic) bond motifs is 3. The van der Waals surface area contributed by atoms with Gasteiger partial charge in [-0.05, 0) is 48.9 Å². The van der Waals surface area contributed by atoms with Gasteiger partial charge in [-0.25, -0.2) is 13.7 Å². The summed E-state index contributed by atoms with van der Waals surface area (Å²) in [6.45, 7) is 3.01. The van der Waals surface area contributed by atoms with Crippen LogP contribution >= 0.6 is 22.9 Å². The van der Waals surface area contributed by atoms with Gasteiger partial charge in [0, 0.05) is 34.1 Å². The molecule has 1 N–H and O–H groups in total. The van der Waals surface area contributed by atoms with Crippen molar-refractivity contribution in [1.29, 1.82) is 0 Å². The zero-order valence-corrected chi connectivity index (χ0v) is 17.6. The second-order valence-corrected chi connectivity index (χ2v) is 8.67. The van der Waals surface area contributed by atoms with Crippen molar-refractivity contribution in [2.45, 2.75) is 19.9 Å². The van der Waals surface area contributed by atoms with E-state index in [1.54, 1.807) is 29.2 Å². The number of urea groups is 1. The molecule has 2 aromatic carbocycles. The number of amides is 2. The maximum absolute atomic E-state index is 13.2. The number of hydrogen-bond acceptors (Lipinski definition) is 4. The maximum atomic E-state index is 13.2. The van der Waals surface area contributed by atoms with Gasteiger partial charge in [0.1, 0.15) is 5.82 Å². The van der Waals surface area contributed by atoms with Crippen LogP contribution in [0.1, 0.15) is 16.1 Å². The number of benzene rings is 2. The maximum Gasteiger partial charge on any atom is 0.322 e. The lowest BCUT2D eigenvalue weighted by Crippen LogP contribution is -2.38. The van der Waals surface area contributed by atoms with Crippen molar-refractivity contribution in [1.82, 2.24) is 19.5 Å². The second kappa shape index (κ2) is 7.37. The lowest BCUT2D eigenvalue weighted by molar-refractivity contribution is 0.206. The average Bonchev–Trinajstić information content (AvgIpc) is 3.28. The van der Waals surface area contributed by atoms with Crippen LogP contribution in [-0.4, -0.2) is 32.1 Å². The van der Waals surface area contributed by atoms with Crippen LogP contribution in [0.4, 0.5) is 14.9 Å². The smallest absolute Gasteiger partial charge is 0.319 e. The summed E-state index contributed by atoms with van der Waals surface area (Å²) in [5, 5.41) is 8.14. The highest BCUT2D eigenvalue weighted by Gasteiger charge is 2.26. The molecule has 0 radical (unpaired) electrons. The Morgan fingerprint density at radius 1 is 1.23 bits per heavy atom. The molecule has 5 rings (SSSR count). The zero-order chi connectivity index (χ0) is 20.8. The van der Waals surface area contributed by atoms with Gasteiger partial charge in [0.05, 0.1) is 12.2 Å². The van der Waals surface area contributed by atoms with Crippen LogP contribution < -0.4 is 5.32 Å². The topological polar surface area (TPSA) is 62.5 Å². The summed E-state index contributed by atoms with van der Waals surface area (Å²) in [6, 6.07) is 11.4. The molecule has 6 nitrogen and oxygen atoms in total. The molecule has 0 fully saturated rings. The Morgan fingerprint density at radius 3 is 2.83 bits per heavy atom. The van der Waals surface area contributed by atoms with Gasteiger partial charge in [0.2, 0.25) is 4.96 Å². The molecule has 1 aliphatic rings. The van der Waals surface area contributed by atoms with Crippen LogP contribution in [0.5, 0.6) is 0 Å². The molecule has 2 aromatic heterocycles. The minimum atomic E-state index is -0.288. The zero-order valence-electron chi connectivity index (χ0n) is 16.0. The number of nitrogens with zero attached hydrogens (tertiary/aromatic N) is 4. The lowest BCUT2D eigenvalue weighted by atomic mass is 10.2. The van der Waals surface area contributed by atoms with E-state index in [9.17, 15) is 9.18 Å². The van der Waals surface area contributed by atoms with Gasteiger partial charge in [0.25, 0.3) is 0 Å². The van der Waals surface area contributed by atoms with Gasteiger partial charge in [-0.15, -0.1) is 5.10 Å². The van der Waals surface area contributed by atoms with Gasteiger partial charge in [-0.2, -0.15) is 4.98 Å². The number of hydrogen-bond donors (Lipinski definition) is 1. The molecule has 0 bridgehead atoms. The fourth-order valence-electron chi connectivity index (χ4n) is 3.51. The highest BCUT2D eigenvalue weighted by Crippen LogP contribution is 2.30. The van der Waals surface area contributed by atoms with E-state index in [1.165, 1.54) is 23.5 Å². The van der Waals surface area contributed by atoms with Crippen molar-refractivity contribution >= 4 is 39.6 Å². The number of nitrogens with one attached hydrogen (secondary N) is 1. The van der Waals surface area contributed by atoms with E-state index in [4.69, 9.17) is 11.6 Å². The molecule has 0 unspecified atom stereocenters. The first-order valence-electron chi connectivity index (χ1n) is 9.43. The monoisotopic (exact) mass is 441 g/mol. The van der Waals surface area contributed by atoms with Crippen molar-refractivity contribution in [2.75, 3.05) is 11.9 Å². The number of carbonyl (C=O) groups excluding carboxylic acids is 1. The minimum absolute atomic E-state index is 0.156. The standard InChI is InChI=1S/C21H17ClFN5OS/c1-12-2-5-14(22)10-16(12)24-20(29)27-9-8-17-18(11-27)30-21-25-19(26-28(17)21)13-3-6-15(23)7-4-13/h2-7,10H,8-9,11H2,1H3,(H,24,29). The van der Waals surface area contributed by atoms with Crippen molar-refractivity contribution < 1.29 is 9.18 Å². The largest absolute Gasteiger partial charge is 0.322 e. The predicted octanol–water partition coefficient (Wildman–Crippen LogP) is 5.15. The lowest BCUT2D eigenvalue weighted by Gasteiger charge is -2.27. The molecule has 2 amide bonds. The minimum Gasteiger partial charge on any atom is -0.319 e. The summed E-state index contributed by atoms with van der Waals surface area (Å²) in [7, 11) is 0. The number of rotatable bonds is 2. The van der Waals surface area contributed by atoms with Crippen LogP contribution in [0, 0.1) is 12.7 Å². The van der Waals surface area contributed by atoms with E-state index >= 15 is 0 Å². The fourth-order valence-corrected chi connectivity index (χ4v) is 4.80. The molecule has 0 saturated carbocycles. The Morgan fingerprint density at radius 2 is 2.03 bits per heavy atom. The van der Waals surface area contributed by atoms with E-state index in [2.05, 4.69) is 15.4 Å². The Hall–Kier alpha value is -2.97. The van der Waals surface area contributed by atoms with Crippen LogP contribution in [0.15, 0.2) is 42.5 Å². The molecule has 4 aromatic rings. The van der Waals surface area contributed by atoms with E-state index < -0.39 is 0 Å². The van der Waals surface area contributed by atoms with Crippen molar-refractivity contribution in [2.24, 2.45) is 0 Å². The normalized spacial score (nSPS) is 13.5. The second-order valence-electron chi connectivity index (χ2n) is 7.17. The van der Waals surface area contributed by atoms with E-state index in [0.717, 1.165) is 26.7 Å².